The van der Waals surface area contributed by atoms with Crippen molar-refractivity contribution in [3.63, 3.8) is 0 Å². The third kappa shape index (κ3) is 5.09. The van der Waals surface area contributed by atoms with E-state index in [-0.39, 0.29) is 18.1 Å². The van der Waals surface area contributed by atoms with Crippen LogP contribution >= 0.6 is 0 Å². The van der Waals surface area contributed by atoms with Crippen molar-refractivity contribution >= 4 is 17.1 Å². The molecule has 0 radical (unpaired) electrons. The third-order valence-electron chi connectivity index (χ3n) is 5.56. The minimum Gasteiger partial charge on any atom is -0.497 e. The van der Waals surface area contributed by atoms with Gasteiger partial charge in [0, 0.05) is 0 Å². The number of carbonyl (C=O) groups is 1. The van der Waals surface area contributed by atoms with Crippen LogP contribution in [0.25, 0.3) is 11.0 Å². The summed E-state index contributed by atoms with van der Waals surface area (Å²) in [5.74, 6) is 1.53. The number of benzene rings is 3. The molecular weight excluding hydrogens is 400 g/mol. The molecule has 2 amide bonds. The molecule has 2 atom stereocenters. The maximum Gasteiger partial charge on any atom is 0.315 e. The molecule has 6 nitrogen and oxygen atoms in total. The van der Waals surface area contributed by atoms with E-state index in [0.717, 1.165) is 40.2 Å². The van der Waals surface area contributed by atoms with Gasteiger partial charge < -0.3 is 20.4 Å². The second kappa shape index (κ2) is 10.0. The molecule has 0 aliphatic heterocycles. The molecule has 0 saturated carbocycles. The maximum absolute atomic E-state index is 13.0. The van der Waals surface area contributed by atoms with Crippen molar-refractivity contribution in [2.24, 2.45) is 0 Å². The molecule has 6 heteroatoms. The predicted molar refractivity (Wildman–Crippen MR) is 127 cm³/mol. The van der Waals surface area contributed by atoms with E-state index in [2.05, 4.69) is 22.5 Å². The van der Waals surface area contributed by atoms with Crippen LogP contribution in [0.4, 0.5) is 4.79 Å². The van der Waals surface area contributed by atoms with Crippen molar-refractivity contribution in [2.75, 3.05) is 7.11 Å². The molecule has 1 unspecified atom stereocenters. The fourth-order valence-electron chi connectivity index (χ4n) is 3.82. The minimum atomic E-state index is -0.316. The van der Waals surface area contributed by atoms with E-state index in [0.29, 0.717) is 6.42 Å². The number of nitrogens with zero attached hydrogens (tertiary/aromatic N) is 1. The molecule has 164 valence electrons. The Morgan fingerprint density at radius 2 is 1.62 bits per heavy atom. The number of H-pyrrole nitrogens is 1. The van der Waals surface area contributed by atoms with Gasteiger partial charge in [-0.05, 0) is 48.2 Å². The molecule has 1 aromatic heterocycles. The van der Waals surface area contributed by atoms with Crippen LogP contribution in [0.5, 0.6) is 5.75 Å². The average molecular weight is 429 g/mol. The summed E-state index contributed by atoms with van der Waals surface area (Å²) < 4.78 is 5.26. The van der Waals surface area contributed by atoms with Gasteiger partial charge in [-0.15, -0.1) is 0 Å². The molecule has 0 saturated heterocycles. The maximum atomic E-state index is 13.0. The smallest absolute Gasteiger partial charge is 0.315 e. The predicted octanol–water partition coefficient (Wildman–Crippen LogP) is 5.31. The molecule has 0 spiro atoms. The van der Waals surface area contributed by atoms with Crippen LogP contribution in [0, 0.1) is 0 Å². The fourth-order valence-corrected chi connectivity index (χ4v) is 3.82. The second-order valence-corrected chi connectivity index (χ2v) is 7.73. The van der Waals surface area contributed by atoms with Crippen LogP contribution in [-0.4, -0.2) is 23.1 Å². The Kier molecular flexibility index (Phi) is 6.70. The standard InChI is InChI=1S/C26H28N4O2/c1-3-21(19-9-5-4-6-10-19)29-26(31)30-24(17-18-13-15-20(32-2)16-14-18)25-27-22-11-7-8-12-23(22)28-25/h4-16,21,24H,3,17H2,1-2H3,(H,27,28)(H2,29,30,31)/t21?,24-/m1/s1. The van der Waals surface area contributed by atoms with Gasteiger partial charge in [0.15, 0.2) is 0 Å². The Morgan fingerprint density at radius 3 is 2.31 bits per heavy atom. The van der Waals surface area contributed by atoms with Gasteiger partial charge >= 0.3 is 6.03 Å². The van der Waals surface area contributed by atoms with E-state index in [1.807, 2.05) is 78.9 Å². The number of rotatable bonds is 8. The highest BCUT2D eigenvalue weighted by Crippen LogP contribution is 2.22. The summed E-state index contributed by atoms with van der Waals surface area (Å²) >= 11 is 0. The molecule has 4 rings (SSSR count). The highest BCUT2D eigenvalue weighted by Gasteiger charge is 2.21. The first kappa shape index (κ1) is 21.4. The number of carbonyl (C=O) groups excluding carboxylic acids is 1. The number of methoxy groups -OCH3 is 1. The zero-order valence-corrected chi connectivity index (χ0v) is 18.3. The SMILES string of the molecule is CCC(NC(=O)N[C@H](Cc1ccc(OC)cc1)c1nc2ccccc2[nH]1)c1ccccc1. The molecule has 1 heterocycles. The Balaban J connectivity index is 1.55. The van der Waals surface area contributed by atoms with Crippen LogP contribution in [0.15, 0.2) is 78.9 Å². The number of ether oxygens (including phenoxy) is 1. The monoisotopic (exact) mass is 428 g/mol. The zero-order chi connectivity index (χ0) is 22.3. The molecule has 0 aliphatic carbocycles. The molecule has 0 aliphatic rings. The van der Waals surface area contributed by atoms with Gasteiger partial charge in [0.2, 0.25) is 0 Å². The second-order valence-electron chi connectivity index (χ2n) is 7.73. The summed E-state index contributed by atoms with van der Waals surface area (Å²) in [7, 11) is 1.65. The number of hydrogen-bond acceptors (Lipinski definition) is 3. The topological polar surface area (TPSA) is 79.0 Å². The lowest BCUT2D eigenvalue weighted by Gasteiger charge is -2.22. The van der Waals surface area contributed by atoms with Crippen LogP contribution in [0.2, 0.25) is 0 Å². The lowest BCUT2D eigenvalue weighted by Crippen LogP contribution is -2.40. The van der Waals surface area contributed by atoms with Crippen molar-refractivity contribution in [1.29, 1.82) is 0 Å². The molecule has 3 N–H and O–H groups in total. The number of nitrogens with one attached hydrogen (secondary N) is 3. The summed E-state index contributed by atoms with van der Waals surface area (Å²) in [6, 6.07) is 25.1. The Bertz CT molecular complexity index is 1120. The molecule has 0 bridgehead atoms. The van der Waals surface area contributed by atoms with Crippen molar-refractivity contribution in [3.8, 4) is 5.75 Å². The first-order valence-corrected chi connectivity index (χ1v) is 10.9. The number of urea groups is 1. The van der Waals surface area contributed by atoms with Crippen molar-refractivity contribution in [2.45, 2.75) is 31.8 Å². The fraction of sp³-hybridized carbons (Fsp3) is 0.231. The van der Waals surface area contributed by atoms with Crippen molar-refractivity contribution in [3.05, 3.63) is 95.8 Å². The van der Waals surface area contributed by atoms with Crippen LogP contribution in [0.3, 0.4) is 0 Å². The number of aromatic amines is 1. The van der Waals surface area contributed by atoms with E-state index < -0.39 is 0 Å². The summed E-state index contributed by atoms with van der Waals surface area (Å²) in [6.45, 7) is 2.06. The van der Waals surface area contributed by atoms with Crippen molar-refractivity contribution in [1.82, 2.24) is 20.6 Å². The number of para-hydroxylation sites is 2. The minimum absolute atomic E-state index is 0.0616. The summed E-state index contributed by atoms with van der Waals surface area (Å²) in [4.78, 5) is 21.1. The number of aromatic nitrogens is 2. The van der Waals surface area contributed by atoms with Gasteiger partial charge in [0.25, 0.3) is 0 Å². The highest BCUT2D eigenvalue weighted by atomic mass is 16.5. The van der Waals surface area contributed by atoms with E-state index >= 15 is 0 Å². The normalized spacial score (nSPS) is 12.8. The quantitative estimate of drug-likeness (QED) is 0.356. The van der Waals surface area contributed by atoms with Gasteiger partial charge in [-0.1, -0.05) is 61.5 Å². The molecule has 0 fully saturated rings. The van der Waals surface area contributed by atoms with E-state index in [9.17, 15) is 4.79 Å². The molecule has 4 aromatic rings. The summed E-state index contributed by atoms with van der Waals surface area (Å²) in [6.07, 6.45) is 1.39. The van der Waals surface area contributed by atoms with E-state index in [1.54, 1.807) is 7.11 Å². The van der Waals surface area contributed by atoms with Crippen LogP contribution < -0.4 is 15.4 Å². The van der Waals surface area contributed by atoms with E-state index in [4.69, 9.17) is 9.72 Å². The first-order valence-electron chi connectivity index (χ1n) is 10.9. The largest absolute Gasteiger partial charge is 0.497 e. The Hall–Kier alpha value is -3.80. The number of hydrogen-bond donors (Lipinski definition) is 3. The number of fused-ring (bicyclic) bond motifs is 1. The molecular formula is C26H28N4O2. The average Bonchev–Trinajstić information content (AvgIpc) is 3.27. The Labute approximate surface area is 188 Å². The molecule has 3 aromatic carbocycles. The summed E-state index contributed by atoms with van der Waals surface area (Å²) in [5, 5.41) is 6.24. The van der Waals surface area contributed by atoms with Crippen molar-refractivity contribution < 1.29 is 9.53 Å². The van der Waals surface area contributed by atoms with Gasteiger partial charge in [-0.2, -0.15) is 0 Å². The lowest BCUT2D eigenvalue weighted by molar-refractivity contribution is 0.232. The van der Waals surface area contributed by atoms with Gasteiger partial charge in [-0.25, -0.2) is 9.78 Å². The van der Waals surface area contributed by atoms with E-state index in [1.165, 1.54) is 0 Å². The number of imidazole rings is 1. The van der Waals surface area contributed by atoms with Gasteiger partial charge in [0.1, 0.15) is 11.6 Å². The lowest BCUT2D eigenvalue weighted by atomic mass is 10.0. The summed E-state index contributed by atoms with van der Waals surface area (Å²) in [5.41, 5.74) is 3.98. The third-order valence-corrected chi connectivity index (χ3v) is 5.56. The van der Waals surface area contributed by atoms with Gasteiger partial charge in [-0.3, -0.25) is 0 Å². The molecule has 32 heavy (non-hydrogen) atoms. The van der Waals surface area contributed by atoms with Gasteiger partial charge in [0.05, 0.1) is 30.2 Å². The zero-order valence-electron chi connectivity index (χ0n) is 18.3. The first-order chi connectivity index (χ1) is 15.7. The number of amides is 2. The van der Waals surface area contributed by atoms with Crippen LogP contribution in [0.1, 0.15) is 42.4 Å². The Morgan fingerprint density at radius 1 is 0.938 bits per heavy atom. The highest BCUT2D eigenvalue weighted by molar-refractivity contribution is 5.76. The van der Waals surface area contributed by atoms with Crippen LogP contribution in [-0.2, 0) is 6.42 Å².